The molecule has 1 aromatic carbocycles. The van der Waals surface area contributed by atoms with Crippen molar-refractivity contribution in [3.63, 3.8) is 0 Å². The van der Waals surface area contributed by atoms with Crippen LogP contribution >= 0.6 is 0 Å². The third-order valence-electron chi connectivity index (χ3n) is 7.77. The average molecular weight is 364 g/mol. The Kier molecular flexibility index (Phi) is 3.77. The summed E-state index contributed by atoms with van der Waals surface area (Å²) < 4.78 is 1.87. The number of rotatable bonds is 1. The predicted molar refractivity (Wildman–Crippen MR) is 105 cm³/mol. The number of aliphatic hydroxyl groups excluding tert-OH is 1. The zero-order chi connectivity index (χ0) is 18.8. The minimum atomic E-state index is -0.362. The first-order valence-corrected chi connectivity index (χ1v) is 10.2. The number of nitrogens with zero attached hydrogens (tertiary/aromatic N) is 2. The van der Waals surface area contributed by atoms with Gasteiger partial charge in [-0.25, -0.2) is 0 Å². The van der Waals surface area contributed by atoms with Gasteiger partial charge in [0.25, 0.3) is 0 Å². The maximum Gasteiger partial charge on any atom is 0.115 e. The van der Waals surface area contributed by atoms with Crippen molar-refractivity contribution in [2.45, 2.75) is 51.0 Å². The van der Waals surface area contributed by atoms with Crippen LogP contribution < -0.4 is 0 Å². The first-order chi connectivity index (χ1) is 13.0. The summed E-state index contributed by atoms with van der Waals surface area (Å²) in [5.74, 6) is 2.08. The maximum absolute atomic E-state index is 11.2. The van der Waals surface area contributed by atoms with Gasteiger partial charge in [-0.1, -0.05) is 13.0 Å². The second-order valence-corrected chi connectivity index (χ2v) is 9.05. The Balaban J connectivity index is 1.50. The third-order valence-corrected chi connectivity index (χ3v) is 7.77. The summed E-state index contributed by atoms with van der Waals surface area (Å²) in [6, 6.07) is 7.95. The van der Waals surface area contributed by atoms with Gasteiger partial charge < -0.3 is 10.2 Å². The fourth-order valence-corrected chi connectivity index (χ4v) is 6.28. The van der Waals surface area contributed by atoms with E-state index in [2.05, 4.69) is 24.2 Å². The zero-order valence-electron chi connectivity index (χ0n) is 16.1. The lowest BCUT2D eigenvalue weighted by molar-refractivity contribution is -0.0158. The van der Waals surface area contributed by atoms with E-state index in [0.29, 0.717) is 23.5 Å². The molecule has 3 aliphatic rings. The summed E-state index contributed by atoms with van der Waals surface area (Å²) in [6.45, 7) is 2.30. The van der Waals surface area contributed by atoms with E-state index in [9.17, 15) is 10.2 Å². The Morgan fingerprint density at radius 2 is 2.11 bits per heavy atom. The molecular formula is C23H28N2O2. The van der Waals surface area contributed by atoms with Crippen molar-refractivity contribution in [3.8, 4) is 5.75 Å². The van der Waals surface area contributed by atoms with Crippen molar-refractivity contribution in [2.75, 3.05) is 0 Å². The van der Waals surface area contributed by atoms with Gasteiger partial charge in [0.05, 0.1) is 11.8 Å². The molecule has 0 aliphatic heterocycles. The lowest BCUT2D eigenvalue weighted by Crippen LogP contribution is -2.44. The van der Waals surface area contributed by atoms with Gasteiger partial charge in [-0.15, -0.1) is 0 Å². The molecule has 5 rings (SSSR count). The summed E-state index contributed by atoms with van der Waals surface area (Å²) in [6.07, 6.45) is 8.98. The number of hydrogen-bond acceptors (Lipinski definition) is 3. The van der Waals surface area contributed by atoms with Crippen LogP contribution in [0, 0.1) is 17.3 Å². The third kappa shape index (κ3) is 2.49. The minimum absolute atomic E-state index is 0.0278. The SMILES string of the molecule is Cn1nccc1/C=C1\C[C@H]2[C@H]3CCc4cc(O)ccc4[C@@H]3CC[C@@]2(C)[C@H]1O. The van der Waals surface area contributed by atoms with Gasteiger partial charge in [-0.3, -0.25) is 4.68 Å². The molecule has 0 spiro atoms. The van der Waals surface area contributed by atoms with Crippen LogP contribution in [0.5, 0.6) is 5.75 Å². The van der Waals surface area contributed by atoms with Crippen molar-refractivity contribution < 1.29 is 10.2 Å². The number of aromatic nitrogens is 2. The Hall–Kier alpha value is -2.07. The lowest BCUT2D eigenvalue weighted by atomic mass is 9.55. The van der Waals surface area contributed by atoms with Crippen LogP contribution in [0.3, 0.4) is 0 Å². The molecule has 2 aromatic rings. The van der Waals surface area contributed by atoms with Crippen molar-refractivity contribution >= 4 is 6.08 Å². The van der Waals surface area contributed by atoms with Crippen LogP contribution in [0.25, 0.3) is 6.08 Å². The molecule has 142 valence electrons. The second kappa shape index (κ2) is 5.96. The summed E-state index contributed by atoms with van der Waals surface area (Å²) >= 11 is 0. The molecule has 1 aromatic heterocycles. The van der Waals surface area contributed by atoms with Crippen LogP contribution in [0.4, 0.5) is 0 Å². The van der Waals surface area contributed by atoms with E-state index in [4.69, 9.17) is 0 Å². The van der Waals surface area contributed by atoms with E-state index in [-0.39, 0.29) is 11.5 Å². The summed E-state index contributed by atoms with van der Waals surface area (Å²) in [5, 5.41) is 25.3. The van der Waals surface area contributed by atoms with Gasteiger partial charge in [0.2, 0.25) is 0 Å². The van der Waals surface area contributed by atoms with E-state index in [1.54, 1.807) is 0 Å². The second-order valence-electron chi connectivity index (χ2n) is 9.05. The smallest absolute Gasteiger partial charge is 0.115 e. The minimum Gasteiger partial charge on any atom is -0.508 e. The van der Waals surface area contributed by atoms with Crippen molar-refractivity contribution in [1.82, 2.24) is 9.78 Å². The highest BCUT2D eigenvalue weighted by Gasteiger charge is 2.56. The van der Waals surface area contributed by atoms with Crippen LogP contribution in [0.2, 0.25) is 0 Å². The van der Waals surface area contributed by atoms with Gasteiger partial charge in [-0.05, 0) is 90.8 Å². The van der Waals surface area contributed by atoms with Gasteiger partial charge in [0.1, 0.15) is 5.75 Å². The molecule has 2 N–H and O–H groups in total. The topological polar surface area (TPSA) is 58.3 Å². The largest absolute Gasteiger partial charge is 0.508 e. The molecule has 0 amide bonds. The first kappa shape index (κ1) is 17.1. The number of fused-ring (bicyclic) bond motifs is 5. The number of aromatic hydroxyl groups is 1. The Labute approximate surface area is 160 Å². The Morgan fingerprint density at radius 3 is 2.89 bits per heavy atom. The quantitative estimate of drug-likeness (QED) is 0.803. The fraction of sp³-hybridized carbons (Fsp3) is 0.522. The number of phenols is 1. The van der Waals surface area contributed by atoms with Gasteiger partial charge >= 0.3 is 0 Å². The van der Waals surface area contributed by atoms with Crippen LogP contribution in [-0.2, 0) is 13.5 Å². The highest BCUT2D eigenvalue weighted by molar-refractivity contribution is 5.52. The fourth-order valence-electron chi connectivity index (χ4n) is 6.28. The van der Waals surface area contributed by atoms with E-state index >= 15 is 0 Å². The zero-order valence-corrected chi connectivity index (χ0v) is 16.1. The van der Waals surface area contributed by atoms with Crippen molar-refractivity contribution in [2.24, 2.45) is 24.3 Å². The van der Waals surface area contributed by atoms with E-state index in [1.807, 2.05) is 36.1 Å². The van der Waals surface area contributed by atoms with Gasteiger partial charge in [-0.2, -0.15) is 5.10 Å². The van der Waals surface area contributed by atoms with Crippen LogP contribution in [0.15, 0.2) is 36.0 Å². The average Bonchev–Trinajstić information content (AvgIpc) is 3.17. The molecule has 27 heavy (non-hydrogen) atoms. The number of aryl methyl sites for hydroxylation is 2. The van der Waals surface area contributed by atoms with E-state index < -0.39 is 0 Å². The molecule has 0 saturated heterocycles. The monoisotopic (exact) mass is 364 g/mol. The Bertz CT molecular complexity index is 915. The van der Waals surface area contributed by atoms with Crippen LogP contribution in [0.1, 0.15) is 55.3 Å². The highest BCUT2D eigenvalue weighted by Crippen LogP contribution is 2.62. The van der Waals surface area contributed by atoms with Crippen LogP contribution in [-0.4, -0.2) is 26.1 Å². The molecule has 4 nitrogen and oxygen atoms in total. The predicted octanol–water partition coefficient (Wildman–Crippen LogP) is 4.04. The molecule has 1 heterocycles. The molecule has 3 aliphatic carbocycles. The number of aliphatic hydroxyl groups is 1. The standard InChI is InChI=1S/C23H28N2O2/c1-23-9-7-19-18-6-4-17(26)12-14(18)3-5-20(19)21(23)13-15(22(23)27)11-16-8-10-24-25(16)2/h4,6,8,10-12,19-22,26-27H,3,5,7,9,13H2,1-2H3/b15-11+/t19-,20-,21-,22-,23+/m0/s1. The number of benzene rings is 1. The van der Waals surface area contributed by atoms with E-state index in [0.717, 1.165) is 37.8 Å². The number of phenolic OH excluding ortho intramolecular Hbond substituents is 1. The highest BCUT2D eigenvalue weighted by atomic mass is 16.3. The number of hydrogen-bond donors (Lipinski definition) is 2. The molecule has 2 saturated carbocycles. The molecular weight excluding hydrogens is 336 g/mol. The molecule has 0 unspecified atom stereocenters. The lowest BCUT2D eigenvalue weighted by Gasteiger charge is -2.49. The molecule has 5 atom stereocenters. The van der Waals surface area contributed by atoms with E-state index in [1.165, 1.54) is 16.7 Å². The van der Waals surface area contributed by atoms with Gasteiger partial charge in [0, 0.05) is 18.7 Å². The summed E-state index contributed by atoms with van der Waals surface area (Å²) in [7, 11) is 1.95. The summed E-state index contributed by atoms with van der Waals surface area (Å²) in [4.78, 5) is 0. The summed E-state index contributed by atoms with van der Waals surface area (Å²) in [5.41, 5.74) is 4.96. The van der Waals surface area contributed by atoms with Crippen molar-refractivity contribution in [3.05, 3.63) is 52.9 Å². The molecule has 2 fully saturated rings. The first-order valence-electron chi connectivity index (χ1n) is 10.2. The van der Waals surface area contributed by atoms with Gasteiger partial charge in [0.15, 0.2) is 0 Å². The maximum atomic E-state index is 11.2. The molecule has 0 bridgehead atoms. The molecule has 0 radical (unpaired) electrons. The normalized spacial score (nSPS) is 36.3. The Morgan fingerprint density at radius 1 is 1.26 bits per heavy atom. The van der Waals surface area contributed by atoms with Crippen molar-refractivity contribution in [1.29, 1.82) is 0 Å². The molecule has 4 heteroatoms.